The second-order valence-corrected chi connectivity index (χ2v) is 3.62. The van der Waals surface area contributed by atoms with Crippen molar-refractivity contribution < 1.29 is 0 Å². The lowest BCUT2D eigenvalue weighted by Gasteiger charge is -2.16. The first kappa shape index (κ1) is 8.92. The maximum atomic E-state index is 5.11. The third-order valence-electron chi connectivity index (χ3n) is 1.25. The van der Waals surface area contributed by atoms with Crippen LogP contribution in [0.25, 0.3) is 0 Å². The minimum atomic E-state index is 0.455. The fraction of sp³-hybridized carbons (Fsp3) is 1.00. The van der Waals surface area contributed by atoms with E-state index in [9.17, 15) is 0 Å². The molecule has 0 saturated carbocycles. The first-order valence-electron chi connectivity index (χ1n) is 3.50. The molecule has 0 aromatic heterocycles. The maximum Gasteiger partial charge on any atom is 0.00976 e. The molecule has 3 N–H and O–H groups in total. The molecule has 0 aromatic carbocycles. The van der Waals surface area contributed by atoms with Gasteiger partial charge in [-0.05, 0) is 18.3 Å². The number of nitrogens with two attached hydrogens (primary N) is 1. The summed E-state index contributed by atoms with van der Waals surface area (Å²) in [6.07, 6.45) is 2.40. The fourth-order valence-corrected chi connectivity index (χ4v) is 0.721. The summed E-state index contributed by atoms with van der Waals surface area (Å²) < 4.78 is 0. The molecule has 2 heteroatoms. The van der Waals surface area contributed by atoms with E-state index in [2.05, 4.69) is 26.2 Å². The predicted octanol–water partition coefficient (Wildman–Crippen LogP) is 1.28. The van der Waals surface area contributed by atoms with E-state index in [0.717, 1.165) is 6.54 Å². The third-order valence-corrected chi connectivity index (χ3v) is 1.25. The summed E-state index contributed by atoms with van der Waals surface area (Å²) in [7, 11) is 0. The van der Waals surface area contributed by atoms with Gasteiger partial charge in [-0.1, -0.05) is 20.8 Å². The van der Waals surface area contributed by atoms with Crippen molar-refractivity contribution in [1.29, 1.82) is 0 Å². The van der Waals surface area contributed by atoms with E-state index < -0.39 is 0 Å². The minimum Gasteiger partial charge on any atom is -0.271 e. The van der Waals surface area contributed by atoms with E-state index >= 15 is 0 Å². The highest BCUT2D eigenvalue weighted by Crippen LogP contribution is 2.19. The number of hydrazine groups is 1. The van der Waals surface area contributed by atoms with Gasteiger partial charge in [0.05, 0.1) is 0 Å². The lowest BCUT2D eigenvalue weighted by Crippen LogP contribution is -2.23. The van der Waals surface area contributed by atoms with Crippen LogP contribution < -0.4 is 11.3 Å². The van der Waals surface area contributed by atoms with E-state index in [1.165, 1.54) is 12.8 Å². The van der Waals surface area contributed by atoms with Crippen molar-refractivity contribution in [3.05, 3.63) is 0 Å². The van der Waals surface area contributed by atoms with Gasteiger partial charge in [0.15, 0.2) is 0 Å². The summed E-state index contributed by atoms with van der Waals surface area (Å²) in [6.45, 7) is 7.65. The summed E-state index contributed by atoms with van der Waals surface area (Å²) in [5.41, 5.74) is 3.10. The standard InChI is InChI=1S/C7H18N2/c1-7(2,3)5-4-6-9-8/h9H,4-6,8H2,1-3H3. The Labute approximate surface area is 57.8 Å². The van der Waals surface area contributed by atoms with E-state index in [1.54, 1.807) is 0 Å². The molecule has 0 heterocycles. The van der Waals surface area contributed by atoms with Gasteiger partial charge in [-0.2, -0.15) is 0 Å². The van der Waals surface area contributed by atoms with Crippen molar-refractivity contribution in [3.8, 4) is 0 Å². The van der Waals surface area contributed by atoms with Crippen molar-refractivity contribution in [2.75, 3.05) is 6.54 Å². The van der Waals surface area contributed by atoms with Crippen LogP contribution >= 0.6 is 0 Å². The molecule has 0 saturated heterocycles. The van der Waals surface area contributed by atoms with Gasteiger partial charge in [-0.25, -0.2) is 0 Å². The summed E-state index contributed by atoms with van der Waals surface area (Å²) >= 11 is 0. The Morgan fingerprint density at radius 1 is 1.33 bits per heavy atom. The fourth-order valence-electron chi connectivity index (χ4n) is 0.721. The molecule has 56 valence electrons. The quantitative estimate of drug-likeness (QED) is 0.343. The van der Waals surface area contributed by atoms with Gasteiger partial charge >= 0.3 is 0 Å². The summed E-state index contributed by atoms with van der Waals surface area (Å²) in [4.78, 5) is 0. The topological polar surface area (TPSA) is 38.0 Å². The van der Waals surface area contributed by atoms with Crippen LogP contribution in [0.4, 0.5) is 0 Å². The smallest absolute Gasteiger partial charge is 0.00976 e. The van der Waals surface area contributed by atoms with Crippen LogP contribution in [0.2, 0.25) is 0 Å². The normalized spacial score (nSPS) is 12.0. The number of hydrogen-bond acceptors (Lipinski definition) is 2. The molecule has 0 amide bonds. The molecule has 0 radical (unpaired) electrons. The molecule has 0 spiro atoms. The molecule has 0 unspecified atom stereocenters. The van der Waals surface area contributed by atoms with Crippen LogP contribution in [0.5, 0.6) is 0 Å². The van der Waals surface area contributed by atoms with E-state index in [-0.39, 0.29) is 0 Å². The molecule has 2 nitrogen and oxygen atoms in total. The minimum absolute atomic E-state index is 0.455. The molecular formula is C7H18N2. The Hall–Kier alpha value is -0.0800. The highest BCUT2D eigenvalue weighted by atomic mass is 15.2. The Morgan fingerprint density at radius 2 is 1.89 bits per heavy atom. The Kier molecular flexibility index (Phi) is 3.82. The molecule has 0 aliphatic heterocycles. The van der Waals surface area contributed by atoms with Gasteiger partial charge in [0.25, 0.3) is 0 Å². The van der Waals surface area contributed by atoms with Crippen LogP contribution in [0.15, 0.2) is 0 Å². The van der Waals surface area contributed by atoms with E-state index in [0.29, 0.717) is 5.41 Å². The molecule has 9 heavy (non-hydrogen) atoms. The Bertz CT molecular complexity index is 63.8. The molecule has 0 bridgehead atoms. The lowest BCUT2D eigenvalue weighted by atomic mass is 9.91. The first-order chi connectivity index (χ1) is 4.06. The van der Waals surface area contributed by atoms with Gasteiger partial charge in [0, 0.05) is 6.54 Å². The van der Waals surface area contributed by atoms with Crippen LogP contribution in [0.3, 0.4) is 0 Å². The van der Waals surface area contributed by atoms with Gasteiger partial charge < -0.3 is 0 Å². The lowest BCUT2D eigenvalue weighted by molar-refractivity contribution is 0.362. The number of nitrogens with one attached hydrogen (secondary N) is 1. The monoisotopic (exact) mass is 130 g/mol. The second kappa shape index (κ2) is 3.85. The summed E-state index contributed by atoms with van der Waals surface area (Å²) in [5.74, 6) is 5.11. The largest absolute Gasteiger partial charge is 0.271 e. The van der Waals surface area contributed by atoms with E-state index in [1.807, 2.05) is 0 Å². The second-order valence-electron chi connectivity index (χ2n) is 3.62. The number of rotatable bonds is 3. The van der Waals surface area contributed by atoms with Gasteiger partial charge in [0.2, 0.25) is 0 Å². The molecule has 0 atom stereocenters. The van der Waals surface area contributed by atoms with E-state index in [4.69, 9.17) is 5.84 Å². The zero-order chi connectivity index (χ0) is 7.33. The van der Waals surface area contributed by atoms with Gasteiger partial charge in [-0.3, -0.25) is 11.3 Å². The maximum absolute atomic E-state index is 5.11. The average molecular weight is 130 g/mol. The molecule has 0 rings (SSSR count). The van der Waals surface area contributed by atoms with Gasteiger partial charge in [-0.15, -0.1) is 0 Å². The molecule has 0 aliphatic rings. The zero-order valence-electron chi connectivity index (χ0n) is 6.70. The highest BCUT2D eigenvalue weighted by Gasteiger charge is 2.07. The van der Waals surface area contributed by atoms with Crippen molar-refractivity contribution in [2.24, 2.45) is 11.3 Å². The zero-order valence-corrected chi connectivity index (χ0v) is 6.70. The van der Waals surface area contributed by atoms with Crippen LogP contribution in [0.1, 0.15) is 33.6 Å². The molecule has 0 fully saturated rings. The Morgan fingerprint density at radius 3 is 2.22 bits per heavy atom. The molecule has 0 aliphatic carbocycles. The molecular weight excluding hydrogens is 112 g/mol. The average Bonchev–Trinajstić information content (AvgIpc) is 1.63. The summed E-state index contributed by atoms with van der Waals surface area (Å²) in [5, 5.41) is 0. The highest BCUT2D eigenvalue weighted by molar-refractivity contribution is 4.60. The predicted molar refractivity (Wildman–Crippen MR) is 40.9 cm³/mol. The van der Waals surface area contributed by atoms with Crippen LogP contribution in [-0.4, -0.2) is 6.54 Å². The molecule has 0 aromatic rings. The van der Waals surface area contributed by atoms with Crippen molar-refractivity contribution >= 4 is 0 Å². The first-order valence-corrected chi connectivity index (χ1v) is 3.50. The van der Waals surface area contributed by atoms with Crippen LogP contribution in [-0.2, 0) is 0 Å². The van der Waals surface area contributed by atoms with Gasteiger partial charge in [0.1, 0.15) is 0 Å². The van der Waals surface area contributed by atoms with Crippen molar-refractivity contribution in [3.63, 3.8) is 0 Å². The van der Waals surface area contributed by atoms with Crippen molar-refractivity contribution in [2.45, 2.75) is 33.6 Å². The summed E-state index contributed by atoms with van der Waals surface area (Å²) in [6, 6.07) is 0. The SMILES string of the molecule is CC(C)(C)CCCNN. The van der Waals surface area contributed by atoms with Crippen molar-refractivity contribution in [1.82, 2.24) is 5.43 Å². The Balaban J connectivity index is 3.07. The van der Waals surface area contributed by atoms with Crippen LogP contribution in [0, 0.1) is 5.41 Å². The third kappa shape index (κ3) is 7.92. The number of hydrogen-bond donors (Lipinski definition) is 2.